The summed E-state index contributed by atoms with van der Waals surface area (Å²) in [6.07, 6.45) is 2.65. The van der Waals surface area contributed by atoms with E-state index in [0.717, 1.165) is 18.9 Å². The molecule has 0 spiro atoms. The van der Waals surface area contributed by atoms with Crippen LogP contribution in [0.3, 0.4) is 0 Å². The number of amides is 1. The van der Waals surface area contributed by atoms with E-state index in [9.17, 15) is 36.6 Å². The van der Waals surface area contributed by atoms with Gasteiger partial charge in [-0.15, -0.1) is 0 Å². The number of benzene rings is 2. The summed E-state index contributed by atoms with van der Waals surface area (Å²) in [5.41, 5.74) is -1.80. The highest BCUT2D eigenvalue weighted by molar-refractivity contribution is 7.91. The van der Waals surface area contributed by atoms with Crippen molar-refractivity contribution in [1.82, 2.24) is 0 Å². The molecular weight excluding hydrogens is 519 g/mol. The van der Waals surface area contributed by atoms with Crippen LogP contribution in [0.1, 0.15) is 49.9 Å². The Hall–Kier alpha value is -2.14. The minimum atomic E-state index is -3.99. The van der Waals surface area contributed by atoms with Crippen LogP contribution in [0.15, 0.2) is 35.2 Å². The highest BCUT2D eigenvalue weighted by Crippen LogP contribution is 2.41. The van der Waals surface area contributed by atoms with E-state index in [1.54, 1.807) is 0 Å². The van der Waals surface area contributed by atoms with Crippen LogP contribution < -0.4 is 5.32 Å². The molecule has 3 rings (SSSR count). The molecule has 1 saturated carbocycles. The zero-order valence-corrected chi connectivity index (χ0v) is 21.5. The largest absolute Gasteiger partial charge is 0.393 e. The zero-order chi connectivity index (χ0) is 26.8. The fourth-order valence-corrected chi connectivity index (χ4v) is 7.26. The summed E-state index contributed by atoms with van der Waals surface area (Å²) in [5, 5.41) is 22.0. The summed E-state index contributed by atoms with van der Waals surface area (Å²) >= 11 is 6.20. The number of anilines is 1. The van der Waals surface area contributed by atoms with Gasteiger partial charge in [-0.3, -0.25) is 4.79 Å². The van der Waals surface area contributed by atoms with Crippen LogP contribution in [0.2, 0.25) is 5.02 Å². The van der Waals surface area contributed by atoms with Gasteiger partial charge in [0, 0.05) is 23.4 Å². The second-order valence-corrected chi connectivity index (χ2v) is 12.2. The summed E-state index contributed by atoms with van der Waals surface area (Å²) in [7, 11) is -3.99. The smallest absolute Gasteiger partial charge is 0.255 e. The Morgan fingerprint density at radius 2 is 1.81 bits per heavy atom. The van der Waals surface area contributed by atoms with Gasteiger partial charge in [0.2, 0.25) is 0 Å². The zero-order valence-electron chi connectivity index (χ0n) is 19.9. The summed E-state index contributed by atoms with van der Waals surface area (Å²) < 4.78 is 67.0. The van der Waals surface area contributed by atoms with E-state index in [2.05, 4.69) is 5.32 Å². The SMILES string of the molecule is CC1CCC[C@@H](CC(C)(O)CO)[C@H]1CS(=O)(=O)c1cc(C(=O)Nc2cc(F)c(F)c(F)c2)ccc1Cl. The number of aliphatic hydroxyl groups is 2. The summed E-state index contributed by atoms with van der Waals surface area (Å²) in [5.74, 6) is -6.18. The van der Waals surface area contributed by atoms with E-state index >= 15 is 0 Å². The third kappa shape index (κ3) is 6.59. The van der Waals surface area contributed by atoms with Crippen molar-refractivity contribution < 1.29 is 36.6 Å². The van der Waals surface area contributed by atoms with Crippen LogP contribution >= 0.6 is 11.6 Å². The molecule has 2 aromatic rings. The second-order valence-electron chi connectivity index (χ2n) is 9.83. The Balaban J connectivity index is 1.86. The Morgan fingerprint density at radius 1 is 1.17 bits per heavy atom. The molecule has 0 heterocycles. The average molecular weight is 548 g/mol. The fraction of sp³-hybridized carbons (Fsp3) is 0.480. The Labute approximate surface area is 213 Å². The van der Waals surface area contributed by atoms with Gasteiger partial charge in [-0.2, -0.15) is 0 Å². The Bertz CT molecular complexity index is 1220. The van der Waals surface area contributed by atoms with E-state index in [1.165, 1.54) is 19.1 Å². The van der Waals surface area contributed by atoms with Gasteiger partial charge >= 0.3 is 0 Å². The van der Waals surface area contributed by atoms with Gasteiger partial charge in [0.1, 0.15) is 0 Å². The summed E-state index contributed by atoms with van der Waals surface area (Å²) in [4.78, 5) is 12.4. The van der Waals surface area contributed by atoms with Gasteiger partial charge in [-0.1, -0.05) is 37.8 Å². The van der Waals surface area contributed by atoms with Gasteiger partial charge in [0.15, 0.2) is 27.3 Å². The number of nitrogens with one attached hydrogen (secondary N) is 1. The molecule has 6 nitrogen and oxygen atoms in total. The normalized spacial score (nSPS) is 22.2. The van der Waals surface area contributed by atoms with Gasteiger partial charge in [-0.05, 0) is 49.3 Å². The molecule has 3 N–H and O–H groups in total. The topological polar surface area (TPSA) is 104 Å². The van der Waals surface area contributed by atoms with E-state index < -0.39 is 45.4 Å². The molecule has 1 aliphatic rings. The van der Waals surface area contributed by atoms with Crippen LogP contribution in [0.25, 0.3) is 0 Å². The minimum Gasteiger partial charge on any atom is -0.393 e. The van der Waals surface area contributed by atoms with Crippen LogP contribution in [0, 0.1) is 35.2 Å². The lowest BCUT2D eigenvalue weighted by Gasteiger charge is -2.39. The fourth-order valence-electron chi connectivity index (χ4n) is 4.83. The van der Waals surface area contributed by atoms with E-state index in [4.69, 9.17) is 11.6 Å². The van der Waals surface area contributed by atoms with Gasteiger partial charge in [0.05, 0.1) is 27.9 Å². The first kappa shape index (κ1) is 28.4. The van der Waals surface area contributed by atoms with Crippen molar-refractivity contribution in [3.05, 3.63) is 58.4 Å². The first-order chi connectivity index (χ1) is 16.7. The van der Waals surface area contributed by atoms with Crippen LogP contribution in [0.5, 0.6) is 0 Å². The first-order valence-electron chi connectivity index (χ1n) is 11.6. The monoisotopic (exact) mass is 547 g/mol. The van der Waals surface area contributed by atoms with Crippen LogP contribution in [-0.4, -0.2) is 42.5 Å². The number of hydrogen-bond acceptors (Lipinski definition) is 5. The van der Waals surface area contributed by atoms with Crippen molar-refractivity contribution in [2.75, 3.05) is 17.7 Å². The Kier molecular flexibility index (Phi) is 8.75. The lowest BCUT2D eigenvalue weighted by Crippen LogP contribution is -2.39. The standard InChI is InChI=1S/C25H29ClF3NO5S/c1-14-4-3-5-16(11-25(2,33)13-31)18(14)12-36(34,35)22-8-15(6-7-19(22)26)24(32)30-17-9-20(27)23(29)21(28)10-17/h6-10,14,16,18,31,33H,3-5,11-13H2,1-2H3,(H,30,32)/t14?,16-,18-,25?/m0/s1. The van der Waals surface area contributed by atoms with E-state index in [-0.39, 0.29) is 51.1 Å². The molecular formula is C25H29ClF3NO5S. The predicted octanol–water partition coefficient (Wildman–Crippen LogP) is 4.97. The van der Waals surface area contributed by atoms with Crippen molar-refractivity contribution in [2.24, 2.45) is 17.8 Å². The molecule has 1 aliphatic carbocycles. The number of aliphatic hydroxyl groups excluding tert-OH is 1. The minimum absolute atomic E-state index is 0.0431. The summed E-state index contributed by atoms with van der Waals surface area (Å²) in [6, 6.07) is 4.81. The highest BCUT2D eigenvalue weighted by atomic mass is 35.5. The van der Waals surface area contributed by atoms with Crippen LogP contribution in [0.4, 0.5) is 18.9 Å². The molecule has 0 aliphatic heterocycles. The Morgan fingerprint density at radius 3 is 2.42 bits per heavy atom. The molecule has 198 valence electrons. The molecule has 36 heavy (non-hydrogen) atoms. The maximum Gasteiger partial charge on any atom is 0.255 e. The molecule has 4 atom stereocenters. The first-order valence-corrected chi connectivity index (χ1v) is 13.6. The molecule has 0 aromatic heterocycles. The van der Waals surface area contributed by atoms with Crippen molar-refractivity contribution in [3.8, 4) is 0 Å². The lowest BCUT2D eigenvalue weighted by molar-refractivity contribution is -0.0320. The second kappa shape index (κ2) is 11.1. The predicted molar refractivity (Wildman–Crippen MR) is 130 cm³/mol. The number of rotatable bonds is 8. The van der Waals surface area contributed by atoms with Gasteiger partial charge < -0.3 is 15.5 Å². The van der Waals surface area contributed by atoms with Gasteiger partial charge in [0.25, 0.3) is 5.91 Å². The quantitative estimate of drug-likeness (QED) is 0.405. The maximum atomic E-state index is 13.5. The van der Waals surface area contributed by atoms with Crippen molar-refractivity contribution in [3.63, 3.8) is 0 Å². The maximum absolute atomic E-state index is 13.5. The molecule has 0 radical (unpaired) electrons. The number of sulfone groups is 1. The number of carbonyl (C=O) groups is 1. The van der Waals surface area contributed by atoms with Crippen molar-refractivity contribution in [1.29, 1.82) is 0 Å². The molecule has 1 fully saturated rings. The number of carbonyl (C=O) groups excluding carboxylic acids is 1. The van der Waals surface area contributed by atoms with Crippen LogP contribution in [-0.2, 0) is 9.84 Å². The van der Waals surface area contributed by atoms with Crippen molar-refractivity contribution in [2.45, 2.75) is 50.0 Å². The summed E-state index contributed by atoms with van der Waals surface area (Å²) in [6.45, 7) is 3.02. The number of halogens is 4. The number of hydrogen-bond donors (Lipinski definition) is 3. The molecule has 11 heteroatoms. The van der Waals surface area contributed by atoms with E-state index in [0.29, 0.717) is 18.6 Å². The molecule has 2 unspecified atom stereocenters. The van der Waals surface area contributed by atoms with Crippen molar-refractivity contribution >= 4 is 33.0 Å². The molecule has 1 amide bonds. The molecule has 0 bridgehead atoms. The van der Waals surface area contributed by atoms with E-state index in [1.807, 2.05) is 6.92 Å². The van der Waals surface area contributed by atoms with Gasteiger partial charge in [-0.25, -0.2) is 21.6 Å². The average Bonchev–Trinajstić information content (AvgIpc) is 2.79. The highest BCUT2D eigenvalue weighted by Gasteiger charge is 2.38. The third-order valence-corrected chi connectivity index (χ3v) is 9.07. The third-order valence-electron chi connectivity index (χ3n) is 6.80. The lowest BCUT2D eigenvalue weighted by atomic mass is 9.70. The molecule has 2 aromatic carbocycles. The molecule has 0 saturated heterocycles.